The van der Waals surface area contributed by atoms with E-state index < -0.39 is 17.3 Å². The summed E-state index contributed by atoms with van der Waals surface area (Å²) in [6.45, 7) is 9.87. The SMILES string of the molecule is C=CC(=O)C(=CC(=O)C(=C)C)C(=O)C=CC. The highest BCUT2D eigenvalue weighted by Gasteiger charge is 2.14. The highest BCUT2D eigenvalue weighted by atomic mass is 16.2. The highest BCUT2D eigenvalue weighted by Crippen LogP contribution is 2.04. The zero-order valence-electron chi connectivity index (χ0n) is 9.45. The Kier molecular flexibility index (Phi) is 5.63. The summed E-state index contributed by atoms with van der Waals surface area (Å²) in [5, 5.41) is 0. The molecule has 0 saturated carbocycles. The first kappa shape index (κ1) is 14.0. The molecular formula is C13H14O3. The number of allylic oxidation sites excluding steroid dienone is 6. The molecule has 0 aliphatic heterocycles. The number of rotatable bonds is 6. The van der Waals surface area contributed by atoms with Gasteiger partial charge in [-0.05, 0) is 31.6 Å². The second-order valence-electron chi connectivity index (χ2n) is 3.14. The molecule has 0 rings (SSSR count). The topological polar surface area (TPSA) is 51.2 Å². The fourth-order valence-corrected chi connectivity index (χ4v) is 0.869. The predicted octanol–water partition coefficient (Wildman–Crippen LogP) is 1.96. The monoisotopic (exact) mass is 218 g/mol. The molecule has 0 aliphatic carbocycles. The maximum atomic E-state index is 11.5. The summed E-state index contributed by atoms with van der Waals surface area (Å²) in [5.41, 5.74) is 0.0729. The first-order chi connectivity index (χ1) is 7.43. The average Bonchev–Trinajstić information content (AvgIpc) is 2.24. The molecule has 0 bridgehead atoms. The van der Waals surface area contributed by atoms with Crippen molar-refractivity contribution in [2.24, 2.45) is 0 Å². The predicted molar refractivity (Wildman–Crippen MR) is 62.9 cm³/mol. The number of hydrogen-bond acceptors (Lipinski definition) is 3. The second-order valence-corrected chi connectivity index (χ2v) is 3.14. The summed E-state index contributed by atoms with van der Waals surface area (Å²) >= 11 is 0. The number of hydrogen-bond donors (Lipinski definition) is 0. The molecule has 0 amide bonds. The summed E-state index contributed by atoms with van der Waals surface area (Å²) in [7, 11) is 0. The molecule has 0 aromatic heterocycles. The molecule has 3 nitrogen and oxygen atoms in total. The van der Waals surface area contributed by atoms with E-state index >= 15 is 0 Å². The summed E-state index contributed by atoms with van der Waals surface area (Å²) in [5.74, 6) is -1.53. The van der Waals surface area contributed by atoms with E-state index in [1.807, 2.05) is 0 Å². The number of carbonyl (C=O) groups is 3. The van der Waals surface area contributed by atoms with Gasteiger partial charge in [0.05, 0.1) is 5.57 Å². The van der Waals surface area contributed by atoms with Crippen molar-refractivity contribution in [2.45, 2.75) is 13.8 Å². The minimum absolute atomic E-state index is 0.193. The van der Waals surface area contributed by atoms with Gasteiger partial charge >= 0.3 is 0 Å². The fourth-order valence-electron chi connectivity index (χ4n) is 0.869. The van der Waals surface area contributed by atoms with E-state index in [0.717, 1.165) is 12.2 Å². The van der Waals surface area contributed by atoms with Crippen molar-refractivity contribution in [3.63, 3.8) is 0 Å². The van der Waals surface area contributed by atoms with Crippen molar-refractivity contribution in [2.75, 3.05) is 0 Å². The van der Waals surface area contributed by atoms with Crippen LogP contribution in [-0.4, -0.2) is 17.3 Å². The van der Waals surface area contributed by atoms with Crippen molar-refractivity contribution in [3.05, 3.63) is 48.6 Å². The third-order valence-electron chi connectivity index (χ3n) is 1.73. The van der Waals surface area contributed by atoms with Crippen LogP contribution in [0.4, 0.5) is 0 Å². The first-order valence-corrected chi connectivity index (χ1v) is 4.69. The highest BCUT2D eigenvalue weighted by molar-refractivity contribution is 6.30. The van der Waals surface area contributed by atoms with Gasteiger partial charge in [-0.25, -0.2) is 0 Å². The third kappa shape index (κ3) is 4.00. The lowest BCUT2D eigenvalue weighted by molar-refractivity contribution is -0.118. The maximum absolute atomic E-state index is 11.5. The number of ketones is 3. The molecule has 0 aliphatic rings. The van der Waals surface area contributed by atoms with Gasteiger partial charge < -0.3 is 0 Å². The van der Waals surface area contributed by atoms with Crippen LogP contribution in [0, 0.1) is 0 Å². The van der Waals surface area contributed by atoms with E-state index in [4.69, 9.17) is 0 Å². The van der Waals surface area contributed by atoms with Crippen molar-refractivity contribution in [1.82, 2.24) is 0 Å². The molecule has 0 heterocycles. The lowest BCUT2D eigenvalue weighted by Gasteiger charge is -1.98. The van der Waals surface area contributed by atoms with E-state index in [9.17, 15) is 14.4 Å². The van der Waals surface area contributed by atoms with Crippen LogP contribution in [0.25, 0.3) is 0 Å². The Hall–Kier alpha value is -2.03. The molecule has 3 heteroatoms. The molecule has 0 aromatic rings. The van der Waals surface area contributed by atoms with Crippen molar-refractivity contribution < 1.29 is 14.4 Å². The molecule has 0 N–H and O–H groups in total. The van der Waals surface area contributed by atoms with Gasteiger partial charge in [-0.1, -0.05) is 19.2 Å². The molecule has 0 unspecified atom stereocenters. The standard InChI is InChI=1S/C13H14O3/c1-5-7-12(15)10(11(14)6-2)8-13(16)9(3)4/h5-8H,2-3H2,1,4H3. The summed E-state index contributed by atoms with van der Waals surface area (Å²) in [6.07, 6.45) is 4.71. The quantitative estimate of drug-likeness (QED) is 0.389. The summed E-state index contributed by atoms with van der Waals surface area (Å²) in [4.78, 5) is 34.2. The minimum atomic E-state index is -0.572. The second kappa shape index (κ2) is 6.45. The van der Waals surface area contributed by atoms with Crippen LogP contribution in [-0.2, 0) is 14.4 Å². The van der Waals surface area contributed by atoms with Crippen LogP contribution >= 0.6 is 0 Å². The Bertz CT molecular complexity index is 409. The van der Waals surface area contributed by atoms with Crippen molar-refractivity contribution in [3.8, 4) is 0 Å². The van der Waals surface area contributed by atoms with E-state index in [2.05, 4.69) is 13.2 Å². The van der Waals surface area contributed by atoms with Gasteiger partial charge in [0.1, 0.15) is 0 Å². The average molecular weight is 218 g/mol. The Morgan fingerprint density at radius 1 is 1.06 bits per heavy atom. The fraction of sp³-hybridized carbons (Fsp3) is 0.154. The molecule has 0 atom stereocenters. The smallest absolute Gasteiger partial charge is 0.189 e. The maximum Gasteiger partial charge on any atom is 0.189 e. The summed E-state index contributed by atoms with van der Waals surface area (Å²) in [6, 6.07) is 0. The lowest BCUT2D eigenvalue weighted by Crippen LogP contribution is -2.11. The van der Waals surface area contributed by atoms with Crippen LogP contribution < -0.4 is 0 Å². The summed E-state index contributed by atoms with van der Waals surface area (Å²) < 4.78 is 0. The third-order valence-corrected chi connectivity index (χ3v) is 1.73. The van der Waals surface area contributed by atoms with Crippen LogP contribution in [0.5, 0.6) is 0 Å². The molecule has 0 radical (unpaired) electrons. The number of carbonyl (C=O) groups excluding carboxylic acids is 3. The molecule has 16 heavy (non-hydrogen) atoms. The molecule has 0 saturated heterocycles. The Labute approximate surface area is 94.8 Å². The Balaban J connectivity index is 5.33. The van der Waals surface area contributed by atoms with E-state index in [-0.39, 0.29) is 11.1 Å². The van der Waals surface area contributed by atoms with E-state index in [0.29, 0.717) is 0 Å². The van der Waals surface area contributed by atoms with Crippen LogP contribution in [0.1, 0.15) is 13.8 Å². The zero-order chi connectivity index (χ0) is 12.7. The van der Waals surface area contributed by atoms with Gasteiger partial charge in [0, 0.05) is 6.08 Å². The first-order valence-electron chi connectivity index (χ1n) is 4.69. The molecular weight excluding hydrogens is 204 g/mol. The van der Waals surface area contributed by atoms with Gasteiger partial charge in [0.15, 0.2) is 17.3 Å². The minimum Gasteiger partial charge on any atom is -0.290 e. The molecule has 0 aromatic carbocycles. The van der Waals surface area contributed by atoms with Gasteiger partial charge in [-0.2, -0.15) is 0 Å². The zero-order valence-corrected chi connectivity index (χ0v) is 9.45. The largest absolute Gasteiger partial charge is 0.290 e. The van der Waals surface area contributed by atoms with Crippen LogP contribution in [0.3, 0.4) is 0 Å². The van der Waals surface area contributed by atoms with Crippen molar-refractivity contribution >= 4 is 17.3 Å². The van der Waals surface area contributed by atoms with Crippen LogP contribution in [0.2, 0.25) is 0 Å². The molecule has 84 valence electrons. The normalized spacial score (nSPS) is 11.2. The van der Waals surface area contributed by atoms with Gasteiger partial charge in [-0.3, -0.25) is 14.4 Å². The molecule has 0 spiro atoms. The van der Waals surface area contributed by atoms with Gasteiger partial charge in [0.25, 0.3) is 0 Å². The van der Waals surface area contributed by atoms with E-state index in [1.165, 1.54) is 19.1 Å². The lowest BCUT2D eigenvalue weighted by atomic mass is 10.0. The van der Waals surface area contributed by atoms with Gasteiger partial charge in [0.2, 0.25) is 0 Å². The molecule has 0 fully saturated rings. The Morgan fingerprint density at radius 3 is 2.00 bits per heavy atom. The van der Waals surface area contributed by atoms with Crippen LogP contribution in [0.15, 0.2) is 48.6 Å². The van der Waals surface area contributed by atoms with Gasteiger partial charge in [-0.15, -0.1) is 0 Å². The van der Waals surface area contributed by atoms with E-state index in [1.54, 1.807) is 6.92 Å². The Morgan fingerprint density at radius 2 is 1.62 bits per heavy atom. The van der Waals surface area contributed by atoms with Crippen molar-refractivity contribution in [1.29, 1.82) is 0 Å².